The molecule has 106 valence electrons. The highest BCUT2D eigenvalue weighted by molar-refractivity contribution is 7.12. The van der Waals surface area contributed by atoms with Crippen molar-refractivity contribution in [3.05, 3.63) is 51.7 Å². The third-order valence-corrected chi connectivity index (χ3v) is 4.18. The Morgan fingerprint density at radius 3 is 2.50 bits per heavy atom. The van der Waals surface area contributed by atoms with Crippen molar-refractivity contribution in [3.63, 3.8) is 0 Å². The first-order valence-electron chi connectivity index (χ1n) is 6.68. The lowest BCUT2D eigenvalue weighted by atomic mass is 10.1. The lowest BCUT2D eigenvalue weighted by Crippen LogP contribution is -2.02. The number of ether oxygens (including phenoxy) is 1. The quantitative estimate of drug-likeness (QED) is 0.825. The van der Waals surface area contributed by atoms with E-state index in [2.05, 4.69) is 47.3 Å². The lowest BCUT2D eigenvalue weighted by molar-refractivity contribution is -0.139. The molecule has 0 amide bonds. The van der Waals surface area contributed by atoms with E-state index >= 15 is 0 Å². The number of hydrogen-bond donors (Lipinski definition) is 1. The molecule has 1 aromatic carbocycles. The number of methoxy groups -OCH3 is 1. The van der Waals surface area contributed by atoms with E-state index in [0.717, 1.165) is 23.5 Å². The standard InChI is InChI=1S/C16H19NO2S/c1-3-12-4-6-13(7-5-12)17-11-15-9-8-14(20-15)10-16(18)19-2/h4-9,17H,3,10-11H2,1-2H3. The maximum absolute atomic E-state index is 11.2. The van der Waals surface area contributed by atoms with Crippen molar-refractivity contribution in [2.45, 2.75) is 26.3 Å². The topological polar surface area (TPSA) is 38.3 Å². The van der Waals surface area contributed by atoms with Crippen LogP contribution in [0.5, 0.6) is 0 Å². The van der Waals surface area contributed by atoms with Gasteiger partial charge in [-0.15, -0.1) is 11.3 Å². The zero-order valence-electron chi connectivity index (χ0n) is 11.8. The summed E-state index contributed by atoms with van der Waals surface area (Å²) in [5, 5.41) is 3.39. The molecule has 1 N–H and O–H groups in total. The summed E-state index contributed by atoms with van der Waals surface area (Å²) in [4.78, 5) is 13.4. The number of benzene rings is 1. The van der Waals surface area contributed by atoms with Crippen LogP contribution >= 0.6 is 11.3 Å². The molecule has 0 unspecified atom stereocenters. The molecule has 1 heterocycles. The molecular weight excluding hydrogens is 270 g/mol. The van der Waals surface area contributed by atoms with Gasteiger partial charge in [-0.2, -0.15) is 0 Å². The molecule has 2 aromatic rings. The number of carbonyl (C=O) groups excluding carboxylic acids is 1. The van der Waals surface area contributed by atoms with Gasteiger partial charge >= 0.3 is 5.97 Å². The molecule has 1 aromatic heterocycles. The number of thiophene rings is 1. The van der Waals surface area contributed by atoms with Gasteiger partial charge in [0.05, 0.1) is 13.5 Å². The summed E-state index contributed by atoms with van der Waals surface area (Å²) in [6.07, 6.45) is 1.41. The van der Waals surface area contributed by atoms with E-state index in [-0.39, 0.29) is 5.97 Å². The fraction of sp³-hybridized carbons (Fsp3) is 0.312. The van der Waals surface area contributed by atoms with Gasteiger partial charge in [0.2, 0.25) is 0 Å². The van der Waals surface area contributed by atoms with E-state index < -0.39 is 0 Å². The Morgan fingerprint density at radius 1 is 1.15 bits per heavy atom. The molecule has 0 bridgehead atoms. The fourth-order valence-electron chi connectivity index (χ4n) is 1.87. The molecule has 0 spiro atoms. The van der Waals surface area contributed by atoms with Gasteiger partial charge in [0, 0.05) is 22.0 Å². The molecule has 0 saturated heterocycles. The number of nitrogens with one attached hydrogen (secondary N) is 1. The Bertz CT molecular complexity index is 560. The molecule has 0 aliphatic carbocycles. The third-order valence-electron chi connectivity index (χ3n) is 3.09. The Morgan fingerprint density at radius 2 is 1.85 bits per heavy atom. The summed E-state index contributed by atoms with van der Waals surface area (Å²) in [5.74, 6) is -0.193. The molecular formula is C16H19NO2S. The summed E-state index contributed by atoms with van der Waals surface area (Å²) in [6, 6.07) is 12.5. The van der Waals surface area contributed by atoms with E-state index in [1.807, 2.05) is 6.07 Å². The Hall–Kier alpha value is -1.81. The second-order valence-corrected chi connectivity index (χ2v) is 5.78. The van der Waals surface area contributed by atoms with Gasteiger partial charge < -0.3 is 10.1 Å². The van der Waals surface area contributed by atoms with Crippen LogP contribution < -0.4 is 5.32 Å². The molecule has 0 aliphatic rings. The monoisotopic (exact) mass is 289 g/mol. The fourth-order valence-corrected chi connectivity index (χ4v) is 2.82. The van der Waals surface area contributed by atoms with E-state index in [4.69, 9.17) is 0 Å². The van der Waals surface area contributed by atoms with Crippen LogP contribution in [0.1, 0.15) is 22.2 Å². The highest BCUT2D eigenvalue weighted by Crippen LogP contribution is 2.19. The van der Waals surface area contributed by atoms with Crippen LogP contribution in [-0.2, 0) is 28.9 Å². The zero-order valence-corrected chi connectivity index (χ0v) is 12.6. The van der Waals surface area contributed by atoms with Gasteiger partial charge in [0.25, 0.3) is 0 Å². The van der Waals surface area contributed by atoms with Crippen molar-refractivity contribution in [3.8, 4) is 0 Å². The molecule has 0 saturated carbocycles. The predicted molar refractivity (Wildman–Crippen MR) is 83.2 cm³/mol. The van der Waals surface area contributed by atoms with Crippen molar-refractivity contribution in [1.82, 2.24) is 0 Å². The van der Waals surface area contributed by atoms with Crippen molar-refractivity contribution in [1.29, 1.82) is 0 Å². The van der Waals surface area contributed by atoms with E-state index in [0.29, 0.717) is 6.42 Å². The summed E-state index contributed by atoms with van der Waals surface area (Å²) in [6.45, 7) is 2.92. The van der Waals surface area contributed by atoms with Gasteiger partial charge in [0.15, 0.2) is 0 Å². The Labute approximate surface area is 123 Å². The minimum atomic E-state index is -0.193. The Kier molecular flexibility index (Phi) is 5.18. The molecule has 3 nitrogen and oxygen atoms in total. The third kappa shape index (κ3) is 4.10. The van der Waals surface area contributed by atoms with E-state index in [9.17, 15) is 4.79 Å². The normalized spacial score (nSPS) is 10.3. The molecule has 0 fully saturated rings. The SMILES string of the molecule is CCc1ccc(NCc2ccc(CC(=O)OC)s2)cc1. The van der Waals surface area contributed by atoms with Gasteiger partial charge in [0.1, 0.15) is 0 Å². The molecule has 0 atom stereocenters. The van der Waals surface area contributed by atoms with Gasteiger partial charge in [-0.25, -0.2) is 0 Å². The number of aryl methyl sites for hydroxylation is 1. The van der Waals surface area contributed by atoms with Crippen LogP contribution in [0, 0.1) is 0 Å². The summed E-state index contributed by atoms with van der Waals surface area (Å²) < 4.78 is 4.67. The van der Waals surface area contributed by atoms with Crippen LogP contribution in [-0.4, -0.2) is 13.1 Å². The smallest absolute Gasteiger partial charge is 0.310 e. The second kappa shape index (κ2) is 7.10. The second-order valence-electron chi connectivity index (χ2n) is 4.52. The van der Waals surface area contributed by atoms with Crippen LogP contribution in [0.25, 0.3) is 0 Å². The van der Waals surface area contributed by atoms with Gasteiger partial charge in [-0.1, -0.05) is 19.1 Å². The number of carbonyl (C=O) groups is 1. The van der Waals surface area contributed by atoms with E-state index in [1.54, 1.807) is 11.3 Å². The first-order valence-corrected chi connectivity index (χ1v) is 7.50. The van der Waals surface area contributed by atoms with Gasteiger partial charge in [-0.3, -0.25) is 4.79 Å². The maximum Gasteiger partial charge on any atom is 0.310 e. The number of esters is 1. The highest BCUT2D eigenvalue weighted by atomic mass is 32.1. The number of rotatable bonds is 6. The van der Waals surface area contributed by atoms with Crippen LogP contribution in [0.15, 0.2) is 36.4 Å². The number of hydrogen-bond acceptors (Lipinski definition) is 4. The highest BCUT2D eigenvalue weighted by Gasteiger charge is 2.06. The molecule has 2 rings (SSSR count). The molecule has 0 aliphatic heterocycles. The molecule has 4 heteroatoms. The predicted octanol–water partition coefficient (Wildman–Crippen LogP) is 3.64. The van der Waals surface area contributed by atoms with Crippen LogP contribution in [0.3, 0.4) is 0 Å². The minimum Gasteiger partial charge on any atom is -0.469 e. The Balaban J connectivity index is 1.88. The van der Waals surface area contributed by atoms with E-state index in [1.165, 1.54) is 17.6 Å². The average molecular weight is 289 g/mol. The first-order chi connectivity index (χ1) is 9.71. The number of anilines is 1. The van der Waals surface area contributed by atoms with Crippen LogP contribution in [0.2, 0.25) is 0 Å². The van der Waals surface area contributed by atoms with Crippen molar-refractivity contribution in [2.24, 2.45) is 0 Å². The average Bonchev–Trinajstić information content (AvgIpc) is 2.93. The zero-order chi connectivity index (χ0) is 14.4. The van der Waals surface area contributed by atoms with Crippen molar-refractivity contribution >= 4 is 23.0 Å². The van der Waals surface area contributed by atoms with Crippen molar-refractivity contribution < 1.29 is 9.53 Å². The summed E-state index contributed by atoms with van der Waals surface area (Å²) in [7, 11) is 1.42. The maximum atomic E-state index is 11.2. The largest absolute Gasteiger partial charge is 0.469 e. The van der Waals surface area contributed by atoms with Gasteiger partial charge in [-0.05, 0) is 36.2 Å². The van der Waals surface area contributed by atoms with Crippen LogP contribution in [0.4, 0.5) is 5.69 Å². The minimum absolute atomic E-state index is 0.193. The molecule has 0 radical (unpaired) electrons. The lowest BCUT2D eigenvalue weighted by Gasteiger charge is -2.05. The first kappa shape index (κ1) is 14.6. The molecule has 20 heavy (non-hydrogen) atoms. The summed E-state index contributed by atoms with van der Waals surface area (Å²) in [5.41, 5.74) is 2.46. The van der Waals surface area contributed by atoms with Crippen molar-refractivity contribution in [2.75, 3.05) is 12.4 Å². The summed E-state index contributed by atoms with van der Waals surface area (Å²) >= 11 is 1.64.